The summed E-state index contributed by atoms with van der Waals surface area (Å²) in [5, 5.41) is 12.6. The first-order chi connectivity index (χ1) is 17.9. The molecule has 0 bridgehead atoms. The van der Waals surface area contributed by atoms with Gasteiger partial charge in [-0.15, -0.1) is 0 Å². The molecule has 202 valence electrons. The number of aromatic carboxylic acids is 1. The Morgan fingerprint density at radius 3 is 2.61 bits per heavy atom. The van der Waals surface area contributed by atoms with E-state index in [4.69, 9.17) is 26.8 Å². The number of nitrogens with zero attached hydrogens (tertiary/aromatic N) is 3. The van der Waals surface area contributed by atoms with Gasteiger partial charge < -0.3 is 30.5 Å². The maximum atomic E-state index is 14.3. The molecule has 3 aromatic rings. The van der Waals surface area contributed by atoms with E-state index in [2.05, 4.69) is 15.3 Å². The number of nitrogens with two attached hydrogens (primary N) is 1. The van der Waals surface area contributed by atoms with Gasteiger partial charge in [-0.05, 0) is 56.7 Å². The van der Waals surface area contributed by atoms with Gasteiger partial charge in [0.15, 0.2) is 0 Å². The van der Waals surface area contributed by atoms with Gasteiger partial charge in [0.1, 0.15) is 22.8 Å². The molecule has 0 aliphatic rings. The highest BCUT2D eigenvalue weighted by Gasteiger charge is 2.24. The number of hydrogen-bond donors (Lipinski definition) is 3. The van der Waals surface area contributed by atoms with Crippen LogP contribution in [0.2, 0.25) is 5.02 Å². The van der Waals surface area contributed by atoms with Crippen molar-refractivity contribution in [1.29, 1.82) is 0 Å². The van der Waals surface area contributed by atoms with Crippen LogP contribution in [-0.2, 0) is 17.7 Å². The molecule has 1 aromatic carbocycles. The van der Waals surface area contributed by atoms with Crippen LogP contribution in [0.25, 0.3) is 0 Å². The van der Waals surface area contributed by atoms with Crippen molar-refractivity contribution in [2.24, 2.45) is 0 Å². The highest BCUT2D eigenvalue weighted by atomic mass is 35.5. The van der Waals surface area contributed by atoms with Gasteiger partial charge in [-0.1, -0.05) is 11.6 Å². The molecule has 0 aliphatic carbocycles. The number of methoxy groups -OCH3 is 1. The molecular weight excluding hydrogens is 517 g/mol. The van der Waals surface area contributed by atoms with E-state index in [0.717, 1.165) is 0 Å². The van der Waals surface area contributed by atoms with Crippen molar-refractivity contribution in [3.05, 3.63) is 70.3 Å². The van der Waals surface area contributed by atoms with E-state index >= 15 is 0 Å². The van der Waals surface area contributed by atoms with Gasteiger partial charge in [-0.25, -0.2) is 23.9 Å². The van der Waals surface area contributed by atoms with Crippen LogP contribution < -0.4 is 15.8 Å². The lowest BCUT2D eigenvalue weighted by atomic mass is 10.1. The monoisotopic (exact) mass is 545 g/mol. The Morgan fingerprint density at radius 2 is 1.95 bits per heavy atom. The molecule has 0 radical (unpaired) electrons. The van der Waals surface area contributed by atoms with Crippen LogP contribution in [0.5, 0.6) is 5.88 Å². The van der Waals surface area contributed by atoms with Gasteiger partial charge in [0.05, 0.1) is 30.1 Å². The fraction of sp³-hybridized carbons (Fsp3) is 0.308. The smallest absolute Gasteiger partial charge is 0.410 e. The largest absolute Gasteiger partial charge is 0.481 e. The maximum Gasteiger partial charge on any atom is 0.410 e. The number of nitrogens with one attached hydrogen (secondary N) is 1. The van der Waals surface area contributed by atoms with Crippen LogP contribution in [0.15, 0.2) is 42.6 Å². The highest BCUT2D eigenvalue weighted by molar-refractivity contribution is 6.30. The second-order valence-electron chi connectivity index (χ2n) is 9.32. The summed E-state index contributed by atoms with van der Waals surface area (Å²) in [5.74, 6) is -1.41. The molecule has 2 aromatic heterocycles. The summed E-state index contributed by atoms with van der Waals surface area (Å²) < 4.78 is 25.1. The first kappa shape index (κ1) is 28.5. The third kappa shape index (κ3) is 7.69. The lowest BCUT2D eigenvalue weighted by Crippen LogP contribution is -2.38. The number of pyridine rings is 2. The van der Waals surface area contributed by atoms with Crippen LogP contribution >= 0.6 is 11.6 Å². The van der Waals surface area contributed by atoms with E-state index in [1.54, 1.807) is 32.9 Å². The number of carbonyl (C=O) groups excluding carboxylic acids is 1. The summed E-state index contributed by atoms with van der Waals surface area (Å²) in [6.45, 7) is 5.27. The van der Waals surface area contributed by atoms with Crippen LogP contribution in [0.3, 0.4) is 0 Å². The summed E-state index contributed by atoms with van der Waals surface area (Å²) in [5.41, 5.74) is 6.76. The zero-order chi connectivity index (χ0) is 28.0. The predicted octanol–water partition coefficient (Wildman–Crippen LogP) is 5.28. The number of carboxylic acid groups (broad SMARTS) is 1. The van der Waals surface area contributed by atoms with Crippen molar-refractivity contribution in [2.75, 3.05) is 24.7 Å². The van der Waals surface area contributed by atoms with Gasteiger partial charge in [-0.3, -0.25) is 0 Å². The molecule has 38 heavy (non-hydrogen) atoms. The molecule has 10 nitrogen and oxygen atoms in total. The fourth-order valence-electron chi connectivity index (χ4n) is 3.46. The third-order valence-electron chi connectivity index (χ3n) is 5.23. The number of halogens is 2. The Labute approximate surface area is 224 Å². The maximum absolute atomic E-state index is 14.3. The van der Waals surface area contributed by atoms with Gasteiger partial charge in [0, 0.05) is 30.9 Å². The fourth-order valence-corrected chi connectivity index (χ4v) is 3.62. The van der Waals surface area contributed by atoms with Crippen LogP contribution in [0.4, 0.5) is 26.4 Å². The zero-order valence-corrected chi connectivity index (χ0v) is 22.2. The molecule has 1 amide bonds. The third-order valence-corrected chi connectivity index (χ3v) is 5.44. The molecular formula is C26H29ClFN5O5. The number of hydrogen-bond acceptors (Lipinski definition) is 8. The molecule has 4 N–H and O–H groups in total. The Bertz CT molecular complexity index is 1330. The first-order valence-corrected chi connectivity index (χ1v) is 12.0. The normalized spacial score (nSPS) is 11.1. The topological polar surface area (TPSA) is 140 Å². The van der Waals surface area contributed by atoms with Crippen molar-refractivity contribution >= 4 is 40.9 Å². The van der Waals surface area contributed by atoms with Crippen molar-refractivity contribution in [3.8, 4) is 5.88 Å². The van der Waals surface area contributed by atoms with Crippen LogP contribution in [0.1, 0.15) is 42.4 Å². The van der Waals surface area contributed by atoms with E-state index in [1.165, 1.54) is 42.5 Å². The summed E-state index contributed by atoms with van der Waals surface area (Å²) in [6, 6.07) is 8.43. The molecule has 2 heterocycles. The number of carboxylic acids is 1. The lowest BCUT2D eigenvalue weighted by Gasteiger charge is -2.28. The molecule has 0 unspecified atom stereocenters. The number of ether oxygens (including phenoxy) is 2. The number of carbonyl (C=O) groups is 2. The number of aromatic nitrogens is 2. The molecule has 0 saturated carbocycles. The summed E-state index contributed by atoms with van der Waals surface area (Å²) in [6.07, 6.45) is 0.922. The standard InChI is InChI=1S/C26H29ClFN5O5/c1-26(2,3)38-25(36)33(10-9-21-19(29)6-8-22(31-21)37-4)14-15-11-17(28)5-7-20(15)32-23-18(24(34)35)12-16(27)13-30-23/h5-8,11-13H,9-10,14,29H2,1-4H3,(H,30,32)(H,34,35). The molecule has 0 spiro atoms. The first-order valence-electron chi connectivity index (χ1n) is 11.6. The average molecular weight is 546 g/mol. The number of rotatable bonds is 9. The van der Waals surface area contributed by atoms with Crippen molar-refractivity contribution < 1.29 is 28.6 Å². The number of benzene rings is 1. The highest BCUT2D eigenvalue weighted by Crippen LogP contribution is 2.27. The van der Waals surface area contributed by atoms with E-state index < -0.39 is 23.5 Å². The van der Waals surface area contributed by atoms with E-state index in [0.29, 0.717) is 28.5 Å². The molecule has 0 aliphatic heterocycles. The van der Waals surface area contributed by atoms with Crippen LogP contribution in [0, 0.1) is 5.82 Å². The van der Waals surface area contributed by atoms with E-state index in [9.17, 15) is 19.1 Å². The molecule has 12 heteroatoms. The Hall–Kier alpha value is -4.12. The molecule has 3 rings (SSSR count). The molecule has 0 saturated heterocycles. The minimum absolute atomic E-state index is 0.00642. The van der Waals surface area contributed by atoms with Gasteiger partial charge in [0.25, 0.3) is 0 Å². The number of amides is 1. The van der Waals surface area contributed by atoms with Crippen molar-refractivity contribution in [1.82, 2.24) is 14.9 Å². The van der Waals surface area contributed by atoms with E-state index in [1.807, 2.05) is 0 Å². The quantitative estimate of drug-likeness (QED) is 0.327. The number of anilines is 3. The van der Waals surface area contributed by atoms with Crippen molar-refractivity contribution in [2.45, 2.75) is 39.3 Å². The Balaban J connectivity index is 1.94. The summed E-state index contributed by atoms with van der Waals surface area (Å²) in [7, 11) is 1.49. The summed E-state index contributed by atoms with van der Waals surface area (Å²) in [4.78, 5) is 34.6. The molecule has 0 atom stereocenters. The van der Waals surface area contributed by atoms with Gasteiger partial charge in [-0.2, -0.15) is 0 Å². The lowest BCUT2D eigenvalue weighted by molar-refractivity contribution is 0.0235. The SMILES string of the molecule is COc1ccc(N)c(CCN(Cc2cc(F)ccc2Nc2ncc(Cl)cc2C(=O)O)C(=O)OC(C)(C)C)n1. The van der Waals surface area contributed by atoms with Crippen molar-refractivity contribution in [3.63, 3.8) is 0 Å². The number of nitrogen functional groups attached to an aromatic ring is 1. The Kier molecular flexibility index (Phi) is 8.95. The second kappa shape index (κ2) is 12.0. The Morgan fingerprint density at radius 1 is 1.21 bits per heavy atom. The zero-order valence-electron chi connectivity index (χ0n) is 21.4. The minimum atomic E-state index is -1.25. The summed E-state index contributed by atoms with van der Waals surface area (Å²) >= 11 is 5.90. The second-order valence-corrected chi connectivity index (χ2v) is 9.76. The molecule has 0 fully saturated rings. The van der Waals surface area contributed by atoms with Gasteiger partial charge in [0.2, 0.25) is 5.88 Å². The predicted molar refractivity (Wildman–Crippen MR) is 141 cm³/mol. The minimum Gasteiger partial charge on any atom is -0.481 e. The van der Waals surface area contributed by atoms with Crippen LogP contribution in [-0.4, -0.2) is 51.3 Å². The van der Waals surface area contributed by atoms with E-state index in [-0.39, 0.29) is 35.9 Å². The average Bonchev–Trinajstić information content (AvgIpc) is 2.83. The van der Waals surface area contributed by atoms with Gasteiger partial charge >= 0.3 is 12.1 Å².